The van der Waals surface area contributed by atoms with E-state index in [-0.39, 0.29) is 5.92 Å². The molecule has 1 aliphatic heterocycles. The van der Waals surface area contributed by atoms with Gasteiger partial charge in [0.2, 0.25) is 0 Å². The molecule has 0 spiro atoms. The molecule has 1 atom stereocenters. The van der Waals surface area contributed by atoms with Crippen LogP contribution in [0.15, 0.2) is 48.7 Å². The first-order valence-electron chi connectivity index (χ1n) is 4.40. The highest BCUT2D eigenvalue weighted by atomic mass is 14.9. The quantitative estimate of drug-likeness (QED) is 0.639. The fourth-order valence-corrected chi connectivity index (χ4v) is 1.86. The van der Waals surface area contributed by atoms with Crippen molar-refractivity contribution in [1.82, 2.24) is 0 Å². The van der Waals surface area contributed by atoms with Crippen LogP contribution in [0, 0.1) is 0 Å². The first-order chi connectivity index (χ1) is 6.20. The van der Waals surface area contributed by atoms with Crippen molar-refractivity contribution >= 4 is 5.69 Å². The number of hydrogen-bond acceptors (Lipinski definition) is 1. The monoisotopic (exact) mass is 171 g/mol. The van der Waals surface area contributed by atoms with E-state index >= 15 is 0 Å². The van der Waals surface area contributed by atoms with Crippen molar-refractivity contribution in [2.45, 2.75) is 12.8 Å². The fourth-order valence-electron chi connectivity index (χ4n) is 1.86. The lowest BCUT2D eigenvalue weighted by Crippen LogP contribution is -1.98. The summed E-state index contributed by atoms with van der Waals surface area (Å²) in [6.45, 7) is 10.0. The average molecular weight is 171 g/mol. The molecule has 1 aromatic rings. The maximum absolute atomic E-state index is 4.00. The Balaban J connectivity index is 2.52. The maximum atomic E-state index is 4.00. The van der Waals surface area contributed by atoms with Gasteiger partial charge in [0, 0.05) is 17.3 Å². The fraction of sp³-hybridized carbons (Fsp3) is 0.167. The second-order valence-corrected chi connectivity index (χ2v) is 3.52. The molecule has 0 amide bonds. The van der Waals surface area contributed by atoms with E-state index in [0.29, 0.717) is 0 Å². The minimum atomic E-state index is 0.288. The minimum absolute atomic E-state index is 0.288. The molecule has 0 bridgehead atoms. The molecule has 1 N–H and O–H groups in total. The zero-order chi connectivity index (χ0) is 9.42. The summed E-state index contributed by atoms with van der Waals surface area (Å²) in [5.74, 6) is 0.288. The summed E-state index contributed by atoms with van der Waals surface area (Å²) in [6.07, 6.45) is 0. The normalized spacial score (nSPS) is 19.5. The number of para-hydroxylation sites is 1. The Morgan fingerprint density at radius 1 is 1.38 bits per heavy atom. The predicted molar refractivity (Wildman–Crippen MR) is 56.8 cm³/mol. The molecule has 0 radical (unpaired) electrons. The molecule has 2 rings (SSSR count). The van der Waals surface area contributed by atoms with Gasteiger partial charge in [-0.15, -0.1) is 0 Å². The van der Waals surface area contributed by atoms with Crippen LogP contribution in [0.5, 0.6) is 0 Å². The van der Waals surface area contributed by atoms with Gasteiger partial charge in [0.25, 0.3) is 0 Å². The van der Waals surface area contributed by atoms with Crippen molar-refractivity contribution in [1.29, 1.82) is 0 Å². The van der Waals surface area contributed by atoms with Gasteiger partial charge in [-0.1, -0.05) is 36.9 Å². The van der Waals surface area contributed by atoms with E-state index < -0.39 is 0 Å². The number of hydrogen-bond donors (Lipinski definition) is 1. The van der Waals surface area contributed by atoms with Gasteiger partial charge in [0.15, 0.2) is 0 Å². The summed E-state index contributed by atoms with van der Waals surface area (Å²) in [7, 11) is 0. The molecule has 1 aromatic carbocycles. The molecular formula is C12H13N. The highest BCUT2D eigenvalue weighted by molar-refractivity contribution is 5.67. The summed E-state index contributed by atoms with van der Waals surface area (Å²) in [6, 6.07) is 8.28. The van der Waals surface area contributed by atoms with Crippen LogP contribution in [0.2, 0.25) is 0 Å². The van der Waals surface area contributed by atoms with Crippen molar-refractivity contribution in [3.05, 3.63) is 54.3 Å². The smallest absolute Gasteiger partial charge is 0.0459 e. The zero-order valence-electron chi connectivity index (χ0n) is 7.80. The Morgan fingerprint density at radius 3 is 2.77 bits per heavy atom. The largest absolute Gasteiger partial charge is 0.358 e. The lowest BCUT2D eigenvalue weighted by Gasteiger charge is -2.10. The second-order valence-electron chi connectivity index (χ2n) is 3.52. The topological polar surface area (TPSA) is 12.0 Å². The second kappa shape index (κ2) is 2.77. The third-order valence-corrected chi connectivity index (χ3v) is 2.41. The van der Waals surface area contributed by atoms with Gasteiger partial charge in [0.05, 0.1) is 0 Å². The molecule has 0 fully saturated rings. The van der Waals surface area contributed by atoms with E-state index in [1.165, 1.54) is 11.3 Å². The third kappa shape index (κ3) is 1.17. The Kier molecular flexibility index (Phi) is 1.73. The molecule has 1 aliphatic rings. The van der Waals surface area contributed by atoms with Gasteiger partial charge in [0.1, 0.15) is 0 Å². The highest BCUT2D eigenvalue weighted by Gasteiger charge is 2.25. The van der Waals surface area contributed by atoms with E-state index in [1.807, 2.05) is 13.0 Å². The first-order valence-corrected chi connectivity index (χ1v) is 4.40. The van der Waals surface area contributed by atoms with E-state index in [1.54, 1.807) is 0 Å². The van der Waals surface area contributed by atoms with Crippen LogP contribution in [0.4, 0.5) is 5.69 Å². The lowest BCUT2D eigenvalue weighted by molar-refractivity contribution is 0.982. The van der Waals surface area contributed by atoms with Crippen LogP contribution in [0.3, 0.4) is 0 Å². The summed E-state index contributed by atoms with van der Waals surface area (Å²) in [4.78, 5) is 0. The number of allylic oxidation sites excluding steroid dienone is 1. The van der Waals surface area contributed by atoms with E-state index in [2.05, 4.69) is 36.7 Å². The van der Waals surface area contributed by atoms with Gasteiger partial charge >= 0.3 is 0 Å². The van der Waals surface area contributed by atoms with Crippen LogP contribution in [-0.2, 0) is 0 Å². The van der Waals surface area contributed by atoms with E-state index in [9.17, 15) is 0 Å². The maximum Gasteiger partial charge on any atom is 0.0459 e. The molecule has 1 heterocycles. The zero-order valence-corrected chi connectivity index (χ0v) is 7.80. The predicted octanol–water partition coefficient (Wildman–Crippen LogP) is 3.29. The molecule has 1 unspecified atom stereocenters. The number of anilines is 1. The Labute approximate surface area is 78.8 Å². The van der Waals surface area contributed by atoms with Crippen LogP contribution in [-0.4, -0.2) is 0 Å². The van der Waals surface area contributed by atoms with Crippen LogP contribution in [0.25, 0.3) is 0 Å². The summed E-state index contributed by atoms with van der Waals surface area (Å²) in [5, 5.41) is 3.27. The Bertz CT molecular complexity index is 376. The molecule has 0 aromatic heterocycles. The molecule has 0 saturated carbocycles. The molecular weight excluding hydrogens is 158 g/mol. The highest BCUT2D eigenvalue weighted by Crippen LogP contribution is 2.40. The van der Waals surface area contributed by atoms with Gasteiger partial charge in [-0.3, -0.25) is 0 Å². The SMILES string of the molecule is C=C(C)C1C(=C)Nc2ccccc21. The number of rotatable bonds is 1. The van der Waals surface area contributed by atoms with Crippen molar-refractivity contribution in [2.24, 2.45) is 0 Å². The standard InChI is InChI=1S/C12H13N/c1-8(2)12-9(3)13-11-7-5-4-6-10(11)12/h4-7,12-13H,1,3H2,2H3. The minimum Gasteiger partial charge on any atom is -0.358 e. The average Bonchev–Trinajstić information content (AvgIpc) is 2.39. The van der Waals surface area contributed by atoms with E-state index in [0.717, 1.165) is 11.3 Å². The van der Waals surface area contributed by atoms with Crippen molar-refractivity contribution < 1.29 is 0 Å². The summed E-state index contributed by atoms with van der Waals surface area (Å²) < 4.78 is 0. The number of fused-ring (bicyclic) bond motifs is 1. The lowest BCUT2D eigenvalue weighted by atomic mass is 9.93. The molecule has 0 saturated heterocycles. The van der Waals surface area contributed by atoms with Gasteiger partial charge < -0.3 is 5.32 Å². The van der Waals surface area contributed by atoms with Crippen molar-refractivity contribution in [2.75, 3.05) is 5.32 Å². The van der Waals surface area contributed by atoms with Crippen LogP contribution >= 0.6 is 0 Å². The number of nitrogens with one attached hydrogen (secondary N) is 1. The molecule has 0 aliphatic carbocycles. The third-order valence-electron chi connectivity index (χ3n) is 2.41. The van der Waals surface area contributed by atoms with E-state index in [4.69, 9.17) is 0 Å². The van der Waals surface area contributed by atoms with Crippen molar-refractivity contribution in [3.8, 4) is 0 Å². The Hall–Kier alpha value is -1.50. The van der Waals surface area contributed by atoms with Gasteiger partial charge in [-0.2, -0.15) is 0 Å². The molecule has 13 heavy (non-hydrogen) atoms. The molecule has 66 valence electrons. The van der Waals surface area contributed by atoms with Crippen molar-refractivity contribution in [3.63, 3.8) is 0 Å². The first kappa shape index (κ1) is 8.11. The molecule has 1 heteroatoms. The number of benzene rings is 1. The van der Waals surface area contributed by atoms with Gasteiger partial charge in [-0.05, 0) is 18.6 Å². The Morgan fingerprint density at radius 2 is 2.08 bits per heavy atom. The van der Waals surface area contributed by atoms with Crippen LogP contribution < -0.4 is 5.32 Å². The molecule has 1 nitrogen and oxygen atoms in total. The van der Waals surface area contributed by atoms with Gasteiger partial charge in [-0.25, -0.2) is 0 Å². The summed E-state index contributed by atoms with van der Waals surface area (Å²) in [5.41, 5.74) is 4.64. The summed E-state index contributed by atoms with van der Waals surface area (Å²) >= 11 is 0. The van der Waals surface area contributed by atoms with Crippen LogP contribution in [0.1, 0.15) is 18.4 Å².